The number of hydrogen-bond donors (Lipinski definition) is 1. The number of nitrogens with one attached hydrogen (secondary N) is 1. The highest BCUT2D eigenvalue weighted by atomic mass is 32.2. The molecule has 0 aromatic heterocycles. The predicted molar refractivity (Wildman–Crippen MR) is 75.6 cm³/mol. The van der Waals surface area contributed by atoms with E-state index in [2.05, 4.69) is 35.8 Å². The fourth-order valence-electron chi connectivity index (χ4n) is 3.97. The summed E-state index contributed by atoms with van der Waals surface area (Å²) in [5.74, 6) is 1.02. The molecule has 3 aliphatic rings. The Morgan fingerprint density at radius 2 is 1.82 bits per heavy atom. The summed E-state index contributed by atoms with van der Waals surface area (Å²) in [5, 5.41) is 5.17. The summed E-state index contributed by atoms with van der Waals surface area (Å²) >= 11 is 2.17. The fourth-order valence-corrected chi connectivity index (χ4v) is 5.36. The minimum absolute atomic E-state index is 0.766. The van der Waals surface area contributed by atoms with Crippen molar-refractivity contribution in [3.8, 4) is 0 Å². The first-order valence-electron chi connectivity index (χ1n) is 7.26. The van der Waals surface area contributed by atoms with Crippen LogP contribution in [0.1, 0.15) is 33.1 Å². The fraction of sp³-hybridized carbons (Fsp3) is 1.00. The molecule has 0 aromatic carbocycles. The van der Waals surface area contributed by atoms with Gasteiger partial charge in [-0.1, -0.05) is 13.8 Å². The van der Waals surface area contributed by atoms with Crippen molar-refractivity contribution >= 4 is 11.8 Å². The van der Waals surface area contributed by atoms with Crippen LogP contribution in [0.15, 0.2) is 0 Å². The van der Waals surface area contributed by atoms with Gasteiger partial charge in [-0.3, -0.25) is 0 Å². The summed E-state index contributed by atoms with van der Waals surface area (Å²) in [7, 11) is 0. The number of rotatable bonds is 2. The van der Waals surface area contributed by atoms with Crippen molar-refractivity contribution in [2.45, 2.75) is 43.6 Å². The van der Waals surface area contributed by atoms with E-state index >= 15 is 0 Å². The molecule has 0 aromatic rings. The molecule has 2 aliphatic heterocycles. The summed E-state index contributed by atoms with van der Waals surface area (Å²) in [6.07, 6.45) is 4.39. The number of hydrogen-bond acceptors (Lipinski definition) is 3. The molecule has 2 nitrogen and oxygen atoms in total. The van der Waals surface area contributed by atoms with Crippen molar-refractivity contribution in [2.24, 2.45) is 11.3 Å². The molecule has 17 heavy (non-hydrogen) atoms. The van der Waals surface area contributed by atoms with Crippen molar-refractivity contribution in [3.05, 3.63) is 0 Å². The van der Waals surface area contributed by atoms with Gasteiger partial charge in [0.1, 0.15) is 0 Å². The van der Waals surface area contributed by atoms with Crippen molar-refractivity contribution in [1.29, 1.82) is 0 Å². The highest BCUT2D eigenvalue weighted by Crippen LogP contribution is 2.58. The molecule has 2 saturated heterocycles. The third-order valence-corrected chi connectivity index (χ3v) is 6.16. The molecule has 3 rings (SSSR count). The molecule has 1 N–H and O–H groups in total. The van der Waals surface area contributed by atoms with Crippen molar-refractivity contribution in [2.75, 3.05) is 32.7 Å². The van der Waals surface area contributed by atoms with Crippen LogP contribution in [-0.4, -0.2) is 48.1 Å². The quantitative estimate of drug-likeness (QED) is 0.813. The Hall–Kier alpha value is 0.270. The van der Waals surface area contributed by atoms with E-state index in [1.165, 1.54) is 52.0 Å². The van der Waals surface area contributed by atoms with Gasteiger partial charge in [-0.05, 0) is 43.7 Å². The lowest BCUT2D eigenvalue weighted by molar-refractivity contribution is 0.227. The second-order valence-electron chi connectivity index (χ2n) is 6.49. The monoisotopic (exact) mass is 254 g/mol. The Labute approximate surface area is 110 Å². The summed E-state index contributed by atoms with van der Waals surface area (Å²) in [5.41, 5.74) is 0.766. The van der Waals surface area contributed by atoms with E-state index in [0.29, 0.717) is 0 Å². The molecule has 0 radical (unpaired) electrons. The van der Waals surface area contributed by atoms with Gasteiger partial charge in [0.25, 0.3) is 0 Å². The van der Waals surface area contributed by atoms with Gasteiger partial charge < -0.3 is 10.2 Å². The van der Waals surface area contributed by atoms with E-state index in [4.69, 9.17) is 0 Å². The molecular formula is C14H26N2S. The van der Waals surface area contributed by atoms with Gasteiger partial charge in [-0.2, -0.15) is 11.8 Å². The Bertz CT molecular complexity index is 265. The second-order valence-corrected chi connectivity index (χ2v) is 8.37. The predicted octanol–water partition coefficient (Wildman–Crippen LogP) is 2.20. The van der Waals surface area contributed by atoms with Gasteiger partial charge in [0.2, 0.25) is 0 Å². The largest absolute Gasteiger partial charge is 0.317 e. The smallest absolute Gasteiger partial charge is 0.0149 e. The van der Waals surface area contributed by atoms with E-state index in [1.54, 1.807) is 0 Å². The van der Waals surface area contributed by atoms with Crippen LogP contribution in [0.5, 0.6) is 0 Å². The van der Waals surface area contributed by atoms with Gasteiger partial charge in [0.15, 0.2) is 0 Å². The molecular weight excluding hydrogens is 228 g/mol. The lowest BCUT2D eigenvalue weighted by Crippen LogP contribution is -2.42. The SMILES string of the molecule is CC1CN(CC2CC23CCNCC3)CC(C)S1. The van der Waals surface area contributed by atoms with Gasteiger partial charge >= 0.3 is 0 Å². The van der Waals surface area contributed by atoms with E-state index in [-0.39, 0.29) is 0 Å². The maximum absolute atomic E-state index is 3.50. The van der Waals surface area contributed by atoms with Gasteiger partial charge in [0, 0.05) is 30.1 Å². The summed E-state index contributed by atoms with van der Waals surface area (Å²) in [4.78, 5) is 2.74. The van der Waals surface area contributed by atoms with Crippen LogP contribution in [0.2, 0.25) is 0 Å². The van der Waals surface area contributed by atoms with Crippen LogP contribution < -0.4 is 5.32 Å². The van der Waals surface area contributed by atoms with Gasteiger partial charge in [-0.15, -0.1) is 0 Å². The zero-order valence-electron chi connectivity index (χ0n) is 11.2. The van der Waals surface area contributed by atoms with Gasteiger partial charge in [-0.25, -0.2) is 0 Å². The van der Waals surface area contributed by atoms with Gasteiger partial charge in [0.05, 0.1) is 0 Å². The summed E-state index contributed by atoms with van der Waals surface area (Å²) in [6.45, 7) is 11.3. The number of piperidine rings is 1. The van der Waals surface area contributed by atoms with E-state index in [0.717, 1.165) is 21.8 Å². The Balaban J connectivity index is 1.51. The molecule has 3 atom stereocenters. The first-order valence-corrected chi connectivity index (χ1v) is 8.21. The first kappa shape index (κ1) is 12.3. The highest BCUT2D eigenvalue weighted by molar-refractivity contribution is 8.00. The Morgan fingerprint density at radius 1 is 1.18 bits per heavy atom. The third-order valence-electron chi connectivity index (χ3n) is 4.93. The average molecular weight is 254 g/mol. The van der Waals surface area contributed by atoms with E-state index in [9.17, 15) is 0 Å². The average Bonchev–Trinajstić information content (AvgIpc) is 2.89. The molecule has 2 heterocycles. The standard InChI is InChI=1S/C14H26N2S/c1-11-8-16(9-12(2)17-11)10-13-7-14(13)3-5-15-6-4-14/h11-13,15H,3-10H2,1-2H3. The second kappa shape index (κ2) is 4.75. The molecule has 3 unspecified atom stereocenters. The van der Waals surface area contributed by atoms with Crippen LogP contribution in [0.25, 0.3) is 0 Å². The zero-order valence-corrected chi connectivity index (χ0v) is 12.1. The van der Waals surface area contributed by atoms with E-state index in [1.807, 2.05) is 0 Å². The molecule has 3 fully saturated rings. The topological polar surface area (TPSA) is 15.3 Å². The Kier molecular flexibility index (Phi) is 3.44. The summed E-state index contributed by atoms with van der Waals surface area (Å²) < 4.78 is 0. The van der Waals surface area contributed by atoms with Crippen molar-refractivity contribution in [3.63, 3.8) is 0 Å². The first-order chi connectivity index (χ1) is 8.18. The normalized spacial score (nSPS) is 41.6. The van der Waals surface area contributed by atoms with Crippen LogP contribution >= 0.6 is 11.8 Å². The van der Waals surface area contributed by atoms with Crippen LogP contribution in [0, 0.1) is 11.3 Å². The molecule has 1 spiro atoms. The molecule has 0 amide bonds. The van der Waals surface area contributed by atoms with Crippen molar-refractivity contribution in [1.82, 2.24) is 10.2 Å². The van der Waals surface area contributed by atoms with Crippen LogP contribution in [0.4, 0.5) is 0 Å². The maximum Gasteiger partial charge on any atom is 0.0149 e. The number of nitrogens with zero attached hydrogens (tertiary/aromatic N) is 1. The molecule has 3 heteroatoms. The highest BCUT2D eigenvalue weighted by Gasteiger charge is 2.53. The van der Waals surface area contributed by atoms with Crippen molar-refractivity contribution < 1.29 is 0 Å². The van der Waals surface area contributed by atoms with E-state index < -0.39 is 0 Å². The minimum atomic E-state index is 0.766. The minimum Gasteiger partial charge on any atom is -0.317 e. The van der Waals surface area contributed by atoms with Crippen LogP contribution in [-0.2, 0) is 0 Å². The Morgan fingerprint density at radius 3 is 2.47 bits per heavy atom. The van der Waals surface area contributed by atoms with Crippen LogP contribution in [0.3, 0.4) is 0 Å². The lowest BCUT2D eigenvalue weighted by atomic mass is 9.92. The zero-order chi connectivity index (χ0) is 11.9. The lowest BCUT2D eigenvalue weighted by Gasteiger charge is -2.35. The molecule has 1 aliphatic carbocycles. The third kappa shape index (κ3) is 2.66. The molecule has 1 saturated carbocycles. The molecule has 0 bridgehead atoms. The maximum atomic E-state index is 3.50. The molecule has 98 valence electrons. The number of thioether (sulfide) groups is 1. The summed E-state index contributed by atoms with van der Waals surface area (Å²) in [6, 6.07) is 0.